The van der Waals surface area contributed by atoms with Gasteiger partial charge in [0.25, 0.3) is 5.22 Å². The SMILES string of the molecule is CC(=O)Nc1cc(C(=O)CSc2nnc(-c3cccc(Cl)c3)o2)ccc1O. The minimum Gasteiger partial charge on any atom is -0.506 e. The second-order valence-corrected chi connectivity index (χ2v) is 6.87. The predicted molar refractivity (Wildman–Crippen MR) is 102 cm³/mol. The number of hydrogen-bond donors (Lipinski definition) is 2. The van der Waals surface area contributed by atoms with Crippen LogP contribution in [-0.4, -0.2) is 32.7 Å². The highest BCUT2D eigenvalue weighted by molar-refractivity contribution is 7.99. The largest absolute Gasteiger partial charge is 0.506 e. The van der Waals surface area contributed by atoms with E-state index in [0.29, 0.717) is 22.0 Å². The standard InChI is InChI=1S/C18H14ClN3O4S/c1-10(23)20-14-8-11(5-6-15(14)24)16(25)9-27-18-22-21-17(26-18)12-3-2-4-13(19)7-12/h2-8,24H,9H2,1H3,(H,20,23). The van der Waals surface area contributed by atoms with Crippen LogP contribution in [0.2, 0.25) is 5.02 Å². The van der Waals surface area contributed by atoms with E-state index in [9.17, 15) is 14.7 Å². The molecular formula is C18H14ClN3O4S. The van der Waals surface area contributed by atoms with Crippen molar-refractivity contribution >= 4 is 40.7 Å². The third-order valence-electron chi connectivity index (χ3n) is 3.43. The van der Waals surface area contributed by atoms with Crippen molar-refractivity contribution in [1.29, 1.82) is 0 Å². The fourth-order valence-electron chi connectivity index (χ4n) is 2.22. The maximum atomic E-state index is 12.4. The summed E-state index contributed by atoms with van der Waals surface area (Å²) >= 11 is 7.04. The molecule has 0 aliphatic carbocycles. The summed E-state index contributed by atoms with van der Waals surface area (Å²) in [5.41, 5.74) is 1.21. The minimum absolute atomic E-state index is 0.0570. The number of aromatic nitrogens is 2. The second kappa shape index (κ2) is 8.24. The van der Waals surface area contributed by atoms with Crippen LogP contribution in [0.15, 0.2) is 52.1 Å². The number of nitrogens with one attached hydrogen (secondary N) is 1. The summed E-state index contributed by atoms with van der Waals surface area (Å²) in [6, 6.07) is 11.3. The van der Waals surface area contributed by atoms with Crippen LogP contribution in [0.25, 0.3) is 11.5 Å². The lowest BCUT2D eigenvalue weighted by atomic mass is 10.1. The van der Waals surface area contributed by atoms with E-state index in [0.717, 1.165) is 11.8 Å². The van der Waals surface area contributed by atoms with E-state index in [-0.39, 0.29) is 34.1 Å². The maximum absolute atomic E-state index is 12.4. The molecular weight excluding hydrogens is 390 g/mol. The molecule has 0 saturated heterocycles. The van der Waals surface area contributed by atoms with Crippen molar-refractivity contribution < 1.29 is 19.1 Å². The molecule has 3 rings (SSSR count). The Morgan fingerprint density at radius 1 is 1.22 bits per heavy atom. The zero-order valence-corrected chi connectivity index (χ0v) is 15.7. The van der Waals surface area contributed by atoms with Gasteiger partial charge in [0.15, 0.2) is 5.78 Å². The van der Waals surface area contributed by atoms with Crippen molar-refractivity contribution in [2.45, 2.75) is 12.1 Å². The molecule has 27 heavy (non-hydrogen) atoms. The minimum atomic E-state index is -0.344. The molecule has 2 aromatic carbocycles. The number of carbonyl (C=O) groups is 2. The highest BCUT2D eigenvalue weighted by Gasteiger charge is 2.14. The fourth-order valence-corrected chi connectivity index (χ4v) is 3.06. The average Bonchev–Trinajstić information content (AvgIpc) is 3.10. The first-order chi connectivity index (χ1) is 12.9. The number of carbonyl (C=O) groups excluding carboxylic acids is 2. The molecule has 1 heterocycles. The zero-order valence-electron chi connectivity index (χ0n) is 14.1. The van der Waals surface area contributed by atoms with Crippen molar-refractivity contribution in [2.24, 2.45) is 0 Å². The molecule has 9 heteroatoms. The van der Waals surface area contributed by atoms with Crippen molar-refractivity contribution in [3.8, 4) is 17.2 Å². The number of Topliss-reactive ketones (excluding diaryl/α,β-unsaturated/α-hetero) is 1. The van der Waals surface area contributed by atoms with E-state index in [4.69, 9.17) is 16.0 Å². The van der Waals surface area contributed by atoms with E-state index in [2.05, 4.69) is 15.5 Å². The highest BCUT2D eigenvalue weighted by Crippen LogP contribution is 2.27. The first-order valence-corrected chi connectivity index (χ1v) is 9.15. The smallest absolute Gasteiger partial charge is 0.277 e. The number of phenolic OH excluding ortho intramolecular Hbond substituents is 1. The molecule has 0 spiro atoms. The number of phenols is 1. The zero-order chi connectivity index (χ0) is 19.4. The predicted octanol–water partition coefficient (Wildman–Crippen LogP) is 4.03. The molecule has 7 nitrogen and oxygen atoms in total. The third kappa shape index (κ3) is 4.87. The monoisotopic (exact) mass is 403 g/mol. The van der Waals surface area contributed by atoms with Gasteiger partial charge in [-0.25, -0.2) is 0 Å². The third-order valence-corrected chi connectivity index (χ3v) is 4.49. The molecule has 1 aromatic heterocycles. The van der Waals surface area contributed by atoms with Gasteiger partial charge >= 0.3 is 0 Å². The van der Waals surface area contributed by atoms with Gasteiger partial charge in [-0.2, -0.15) is 0 Å². The van der Waals surface area contributed by atoms with Gasteiger partial charge in [0.1, 0.15) is 5.75 Å². The number of hydrogen-bond acceptors (Lipinski definition) is 7. The molecule has 0 bridgehead atoms. The number of benzene rings is 2. The van der Waals surface area contributed by atoms with Crippen molar-refractivity contribution in [3.05, 3.63) is 53.1 Å². The molecule has 0 unspecified atom stereocenters. The summed E-state index contributed by atoms with van der Waals surface area (Å²) in [7, 11) is 0. The van der Waals surface area contributed by atoms with Crippen LogP contribution in [-0.2, 0) is 4.79 Å². The molecule has 138 valence electrons. The van der Waals surface area contributed by atoms with Crippen LogP contribution in [0.1, 0.15) is 17.3 Å². The summed E-state index contributed by atoms with van der Waals surface area (Å²) in [4.78, 5) is 23.5. The maximum Gasteiger partial charge on any atom is 0.277 e. The van der Waals surface area contributed by atoms with Crippen molar-refractivity contribution in [3.63, 3.8) is 0 Å². The number of halogens is 1. The molecule has 0 atom stereocenters. The van der Waals surface area contributed by atoms with Crippen LogP contribution in [0.4, 0.5) is 5.69 Å². The van der Waals surface area contributed by atoms with Gasteiger partial charge in [-0.15, -0.1) is 10.2 Å². The number of ketones is 1. The van der Waals surface area contributed by atoms with E-state index in [1.807, 2.05) is 0 Å². The number of rotatable bonds is 6. The molecule has 3 aromatic rings. The Balaban J connectivity index is 1.67. The van der Waals surface area contributed by atoms with Crippen LogP contribution in [0, 0.1) is 0 Å². The summed E-state index contributed by atoms with van der Waals surface area (Å²) < 4.78 is 5.54. The fraction of sp³-hybridized carbons (Fsp3) is 0.111. The van der Waals surface area contributed by atoms with Crippen LogP contribution in [0.3, 0.4) is 0 Å². The Kier molecular flexibility index (Phi) is 5.78. The summed E-state index contributed by atoms with van der Waals surface area (Å²) in [5, 5.41) is 20.9. The van der Waals surface area contributed by atoms with E-state index in [1.165, 1.54) is 25.1 Å². The van der Waals surface area contributed by atoms with E-state index < -0.39 is 0 Å². The molecule has 0 radical (unpaired) electrons. The van der Waals surface area contributed by atoms with Gasteiger partial charge in [0.2, 0.25) is 11.8 Å². The first kappa shape index (κ1) is 18.9. The Bertz CT molecular complexity index is 1010. The molecule has 0 aliphatic heterocycles. The van der Waals surface area contributed by atoms with Gasteiger partial charge in [0, 0.05) is 23.1 Å². The van der Waals surface area contributed by atoms with Crippen molar-refractivity contribution in [2.75, 3.05) is 11.1 Å². The Hall–Kier alpha value is -2.84. The number of nitrogens with zero attached hydrogens (tertiary/aromatic N) is 2. The normalized spacial score (nSPS) is 10.6. The Labute approximate surface area is 163 Å². The van der Waals surface area contributed by atoms with E-state index in [1.54, 1.807) is 24.3 Å². The lowest BCUT2D eigenvalue weighted by Crippen LogP contribution is -2.08. The summed E-state index contributed by atoms with van der Waals surface area (Å²) in [6.07, 6.45) is 0. The number of aromatic hydroxyl groups is 1. The average molecular weight is 404 g/mol. The summed E-state index contributed by atoms with van der Waals surface area (Å²) in [6.45, 7) is 1.32. The molecule has 2 N–H and O–H groups in total. The lowest BCUT2D eigenvalue weighted by Gasteiger charge is -2.07. The highest BCUT2D eigenvalue weighted by atomic mass is 35.5. The number of thioether (sulfide) groups is 1. The molecule has 0 saturated carbocycles. The van der Waals surface area contributed by atoms with Crippen LogP contribution < -0.4 is 5.32 Å². The quantitative estimate of drug-likeness (QED) is 0.363. The van der Waals surface area contributed by atoms with Gasteiger partial charge in [-0.3, -0.25) is 9.59 Å². The Morgan fingerprint density at radius 3 is 2.78 bits per heavy atom. The topological polar surface area (TPSA) is 105 Å². The second-order valence-electron chi connectivity index (χ2n) is 5.51. The Morgan fingerprint density at radius 2 is 2.04 bits per heavy atom. The van der Waals surface area contributed by atoms with Gasteiger partial charge < -0.3 is 14.8 Å². The lowest BCUT2D eigenvalue weighted by molar-refractivity contribution is -0.114. The molecule has 0 aliphatic rings. The molecule has 0 fully saturated rings. The number of anilines is 1. The molecule has 1 amide bonds. The van der Waals surface area contributed by atoms with Gasteiger partial charge in [-0.1, -0.05) is 29.4 Å². The van der Waals surface area contributed by atoms with Crippen LogP contribution in [0.5, 0.6) is 5.75 Å². The van der Waals surface area contributed by atoms with E-state index >= 15 is 0 Å². The first-order valence-electron chi connectivity index (χ1n) is 7.78. The summed E-state index contributed by atoms with van der Waals surface area (Å²) in [5.74, 6) is -0.304. The van der Waals surface area contributed by atoms with Gasteiger partial charge in [-0.05, 0) is 36.4 Å². The van der Waals surface area contributed by atoms with Crippen molar-refractivity contribution in [1.82, 2.24) is 10.2 Å². The van der Waals surface area contributed by atoms with Gasteiger partial charge in [0.05, 0.1) is 11.4 Å². The number of amides is 1. The van der Waals surface area contributed by atoms with Crippen LogP contribution >= 0.6 is 23.4 Å².